The number of aromatic nitrogens is 2. The van der Waals surface area contributed by atoms with Crippen LogP contribution in [0.5, 0.6) is 0 Å². The first kappa shape index (κ1) is 13.3. The van der Waals surface area contributed by atoms with Gasteiger partial charge in [0.15, 0.2) is 0 Å². The highest BCUT2D eigenvalue weighted by Gasteiger charge is 2.39. The Hall–Kier alpha value is -1.65. The maximum atomic E-state index is 6.41. The van der Waals surface area contributed by atoms with Crippen molar-refractivity contribution >= 4 is 0 Å². The third-order valence-electron chi connectivity index (χ3n) is 4.34. The van der Waals surface area contributed by atoms with E-state index in [0.717, 1.165) is 30.6 Å². The molecule has 0 radical (unpaired) electrons. The highest BCUT2D eigenvalue weighted by atomic mass is 16.5. The second kappa shape index (κ2) is 5.38. The van der Waals surface area contributed by atoms with Crippen molar-refractivity contribution < 1.29 is 4.74 Å². The van der Waals surface area contributed by atoms with Gasteiger partial charge in [-0.2, -0.15) is 5.10 Å². The summed E-state index contributed by atoms with van der Waals surface area (Å²) in [5, 5.41) is 4.40. The van der Waals surface area contributed by atoms with Gasteiger partial charge in [0.25, 0.3) is 0 Å². The summed E-state index contributed by atoms with van der Waals surface area (Å²) in [7, 11) is 1.79. The lowest BCUT2D eigenvalue weighted by atomic mass is 9.75. The van der Waals surface area contributed by atoms with Crippen LogP contribution in [0.1, 0.15) is 37.4 Å². The first-order valence-electron chi connectivity index (χ1n) is 7.14. The predicted octanol–water partition coefficient (Wildman–Crippen LogP) is 2.83. The molecule has 4 nitrogen and oxygen atoms in total. The van der Waals surface area contributed by atoms with E-state index in [1.54, 1.807) is 7.11 Å². The van der Waals surface area contributed by atoms with E-state index in [1.807, 2.05) is 47.3 Å². The van der Waals surface area contributed by atoms with Crippen molar-refractivity contribution in [3.05, 3.63) is 48.3 Å². The van der Waals surface area contributed by atoms with Crippen molar-refractivity contribution in [3.63, 3.8) is 0 Å². The third kappa shape index (κ3) is 2.37. The Morgan fingerprint density at radius 2 is 2.05 bits per heavy atom. The van der Waals surface area contributed by atoms with Crippen molar-refractivity contribution in [2.45, 2.75) is 37.3 Å². The van der Waals surface area contributed by atoms with Crippen LogP contribution in [0, 0.1) is 0 Å². The van der Waals surface area contributed by atoms with E-state index >= 15 is 0 Å². The molecule has 106 valence electrons. The lowest BCUT2D eigenvalue weighted by Gasteiger charge is -2.42. The molecule has 0 saturated heterocycles. The third-order valence-corrected chi connectivity index (χ3v) is 4.34. The smallest absolute Gasteiger partial charge is 0.0697 e. The highest BCUT2D eigenvalue weighted by molar-refractivity contribution is 5.33. The minimum Gasteiger partial charge on any atom is -0.378 e. The van der Waals surface area contributed by atoms with Gasteiger partial charge in [0.2, 0.25) is 0 Å². The van der Waals surface area contributed by atoms with Crippen LogP contribution in [0.25, 0.3) is 5.69 Å². The number of methoxy groups -OCH3 is 1. The summed E-state index contributed by atoms with van der Waals surface area (Å²) in [5.74, 6) is 0. The van der Waals surface area contributed by atoms with Gasteiger partial charge in [0.1, 0.15) is 0 Å². The fraction of sp³-hybridized carbons (Fsp3) is 0.438. The predicted molar refractivity (Wildman–Crippen MR) is 78.7 cm³/mol. The van der Waals surface area contributed by atoms with Crippen LogP contribution in [0.15, 0.2) is 42.6 Å². The molecule has 1 atom stereocenters. The molecule has 1 aromatic heterocycles. The Morgan fingerprint density at radius 1 is 1.30 bits per heavy atom. The average molecular weight is 271 g/mol. The van der Waals surface area contributed by atoms with Gasteiger partial charge in [0.05, 0.1) is 17.0 Å². The van der Waals surface area contributed by atoms with Crippen molar-refractivity contribution in [3.8, 4) is 5.69 Å². The second-order valence-corrected chi connectivity index (χ2v) is 5.55. The minimum absolute atomic E-state index is 0.0226. The van der Waals surface area contributed by atoms with Crippen molar-refractivity contribution in [1.29, 1.82) is 0 Å². The summed E-state index contributed by atoms with van der Waals surface area (Å²) in [6, 6.07) is 12.0. The molecule has 1 unspecified atom stereocenters. The van der Waals surface area contributed by atoms with E-state index in [-0.39, 0.29) is 11.6 Å². The number of ether oxygens (including phenoxy) is 1. The number of hydrogen-bond donors (Lipinski definition) is 1. The topological polar surface area (TPSA) is 53.1 Å². The van der Waals surface area contributed by atoms with E-state index < -0.39 is 0 Å². The second-order valence-electron chi connectivity index (χ2n) is 5.55. The summed E-state index contributed by atoms with van der Waals surface area (Å²) in [4.78, 5) is 0. The summed E-state index contributed by atoms with van der Waals surface area (Å²) < 4.78 is 7.60. The molecule has 1 aromatic carbocycles. The van der Waals surface area contributed by atoms with Gasteiger partial charge >= 0.3 is 0 Å². The molecule has 1 saturated carbocycles. The Balaban J connectivity index is 1.82. The first-order chi connectivity index (χ1) is 9.74. The molecule has 0 bridgehead atoms. The molecule has 2 aromatic rings. The SMILES string of the molecule is COC1(CC(N)c2ccnn2-c2ccccc2)CCC1. The van der Waals surface area contributed by atoms with Crippen molar-refractivity contribution in [2.75, 3.05) is 7.11 Å². The molecular weight excluding hydrogens is 250 g/mol. The normalized spacial score (nSPS) is 18.5. The van der Waals surface area contributed by atoms with Gasteiger partial charge in [-0.25, -0.2) is 4.68 Å². The summed E-state index contributed by atoms with van der Waals surface area (Å²) >= 11 is 0. The number of rotatable bonds is 5. The lowest BCUT2D eigenvalue weighted by Crippen LogP contribution is -2.42. The zero-order valence-electron chi connectivity index (χ0n) is 11.8. The number of para-hydroxylation sites is 1. The Labute approximate surface area is 119 Å². The van der Waals surface area contributed by atoms with Crippen LogP contribution in [-0.2, 0) is 4.74 Å². The Bertz CT molecular complexity index is 555. The van der Waals surface area contributed by atoms with Gasteiger partial charge in [-0.05, 0) is 43.9 Å². The van der Waals surface area contributed by atoms with Gasteiger partial charge < -0.3 is 10.5 Å². The number of hydrogen-bond acceptors (Lipinski definition) is 3. The van der Waals surface area contributed by atoms with E-state index in [4.69, 9.17) is 10.5 Å². The van der Waals surface area contributed by atoms with Crippen molar-refractivity contribution in [1.82, 2.24) is 9.78 Å². The van der Waals surface area contributed by atoms with Gasteiger partial charge in [-0.15, -0.1) is 0 Å². The molecule has 20 heavy (non-hydrogen) atoms. The van der Waals surface area contributed by atoms with Gasteiger partial charge in [-0.3, -0.25) is 0 Å². The van der Waals surface area contributed by atoms with Crippen LogP contribution >= 0.6 is 0 Å². The number of nitrogens with zero attached hydrogens (tertiary/aromatic N) is 2. The van der Waals surface area contributed by atoms with Gasteiger partial charge in [-0.1, -0.05) is 18.2 Å². The molecule has 0 aliphatic heterocycles. The number of benzene rings is 1. The largest absolute Gasteiger partial charge is 0.378 e. The zero-order valence-corrected chi connectivity index (χ0v) is 11.8. The van der Waals surface area contributed by atoms with E-state index in [9.17, 15) is 0 Å². The maximum Gasteiger partial charge on any atom is 0.0697 e. The maximum absolute atomic E-state index is 6.41. The van der Waals surface area contributed by atoms with Crippen LogP contribution < -0.4 is 5.73 Å². The summed E-state index contributed by atoms with van der Waals surface area (Å²) in [6.07, 6.45) is 6.11. The minimum atomic E-state index is -0.0574. The fourth-order valence-electron chi connectivity index (χ4n) is 2.95. The molecule has 2 N–H and O–H groups in total. The summed E-state index contributed by atoms with van der Waals surface area (Å²) in [5.41, 5.74) is 8.47. The molecule has 1 aliphatic rings. The molecular formula is C16H21N3O. The van der Waals surface area contributed by atoms with Crippen LogP contribution in [0.4, 0.5) is 0 Å². The van der Waals surface area contributed by atoms with E-state index in [1.165, 1.54) is 6.42 Å². The number of nitrogens with two attached hydrogens (primary N) is 1. The van der Waals surface area contributed by atoms with Gasteiger partial charge in [0, 0.05) is 19.3 Å². The first-order valence-corrected chi connectivity index (χ1v) is 7.14. The lowest BCUT2D eigenvalue weighted by molar-refractivity contribution is -0.0819. The monoisotopic (exact) mass is 271 g/mol. The van der Waals surface area contributed by atoms with Crippen LogP contribution in [0.3, 0.4) is 0 Å². The molecule has 1 fully saturated rings. The van der Waals surface area contributed by atoms with E-state index in [2.05, 4.69) is 5.10 Å². The molecule has 0 amide bonds. The summed E-state index contributed by atoms with van der Waals surface area (Å²) in [6.45, 7) is 0. The molecule has 4 heteroatoms. The van der Waals surface area contributed by atoms with Crippen LogP contribution in [0.2, 0.25) is 0 Å². The van der Waals surface area contributed by atoms with Crippen LogP contribution in [-0.4, -0.2) is 22.5 Å². The molecule has 3 rings (SSSR count). The Morgan fingerprint density at radius 3 is 2.65 bits per heavy atom. The molecule has 1 aliphatic carbocycles. The quantitative estimate of drug-likeness (QED) is 0.909. The fourth-order valence-corrected chi connectivity index (χ4v) is 2.95. The zero-order chi connectivity index (χ0) is 14.0. The average Bonchev–Trinajstić information content (AvgIpc) is 2.93. The highest BCUT2D eigenvalue weighted by Crippen LogP contribution is 2.41. The molecule has 0 spiro atoms. The Kier molecular flexibility index (Phi) is 3.59. The van der Waals surface area contributed by atoms with E-state index in [0.29, 0.717) is 0 Å². The van der Waals surface area contributed by atoms with Crippen molar-refractivity contribution in [2.24, 2.45) is 5.73 Å². The molecule has 1 heterocycles. The standard InChI is InChI=1S/C16H21N3O/c1-20-16(9-5-10-16)12-14(17)15-8-11-18-19(15)13-6-3-2-4-7-13/h2-4,6-8,11,14H,5,9-10,12,17H2,1H3.